The van der Waals surface area contributed by atoms with Crippen molar-refractivity contribution in [2.24, 2.45) is 0 Å². The minimum atomic E-state index is 0. The van der Waals surface area contributed by atoms with Crippen LogP contribution in [0.4, 0.5) is 0 Å². The Bertz CT molecular complexity index is 4.00. The predicted octanol–water partition coefficient (Wildman–Crippen LogP) is 0.0174. The largest absolute Gasteiger partial charge is 0.255 e. The van der Waals surface area contributed by atoms with E-state index in [4.69, 9.17) is 10.5 Å². The summed E-state index contributed by atoms with van der Waals surface area (Å²) in [6.45, 7) is 0. The third-order valence-electron chi connectivity index (χ3n) is 0. The maximum atomic E-state index is 6.00. The maximum absolute atomic E-state index is 6.00. The van der Waals surface area contributed by atoms with Crippen molar-refractivity contribution in [2.45, 2.75) is 0 Å². The van der Waals surface area contributed by atoms with Crippen LogP contribution >= 0.6 is 0 Å². The Balaban J connectivity index is -0.00000000500. The van der Waals surface area contributed by atoms with Crippen molar-refractivity contribution in [3.63, 3.8) is 0 Å². The van der Waals surface area contributed by atoms with Gasteiger partial charge in [0.25, 0.3) is 0 Å². The van der Waals surface area contributed by atoms with Crippen molar-refractivity contribution in [2.75, 3.05) is 0 Å². The molecule has 0 aliphatic carbocycles. The predicted molar refractivity (Wildman–Crippen MR) is 5.26 cm³/mol. The maximum Gasteiger partial charge on any atom is 0 e. The zero-order valence-electron chi connectivity index (χ0n) is 1.41. The van der Waals surface area contributed by atoms with Gasteiger partial charge >= 0.3 is 0 Å². The quantitative estimate of drug-likeness (QED) is 0.457. The fraction of sp³-hybridized carbons (Fsp3) is 0. The molecule has 0 saturated carbocycles. The average Bonchev–Trinajstić information content (AvgIpc) is 1.00. The minimum absolute atomic E-state index is 0. The molecule has 0 aliphatic rings. The van der Waals surface area contributed by atoms with E-state index < -0.39 is 0 Å². The summed E-state index contributed by atoms with van der Waals surface area (Å²) in [6, 6.07) is 0. The van der Waals surface area contributed by atoms with Crippen LogP contribution in [0.3, 0.4) is 0 Å². The molecule has 0 aliphatic heterocycles. The van der Waals surface area contributed by atoms with Gasteiger partial charge in [-0.3, -0.25) is 10.5 Å². The van der Waals surface area contributed by atoms with E-state index in [9.17, 15) is 0 Å². The Morgan fingerprint density at radius 3 is 0.750 bits per heavy atom. The fourth-order valence-corrected chi connectivity index (χ4v) is 0. The molecule has 0 amide bonds. The Kier molecular flexibility index (Phi) is 73.5. The molecule has 0 unspecified atom stereocenters. The monoisotopic (exact) mass is 384 g/mol. The average molecular weight is 384 g/mol. The van der Waals surface area contributed by atoms with Crippen LogP contribution in [0.5, 0.6) is 0 Å². The van der Waals surface area contributed by atoms with Gasteiger partial charge < -0.3 is 0 Å². The number of hydrogen-bond donors (Lipinski definition) is 2. The van der Waals surface area contributed by atoms with Crippen LogP contribution < -0.4 is 0 Å². The van der Waals surface area contributed by atoms with Gasteiger partial charge in [0.15, 0.2) is 0 Å². The summed E-state index contributed by atoms with van der Waals surface area (Å²) in [5.74, 6) is 0. The molecule has 0 spiro atoms. The van der Waals surface area contributed by atoms with E-state index in [1.165, 1.54) is 0 Å². The van der Waals surface area contributed by atoms with Gasteiger partial charge in [-0.25, -0.2) is 0 Å². The van der Waals surface area contributed by atoms with Gasteiger partial charge in [-0.05, 0) is 0 Å². The van der Waals surface area contributed by atoms with E-state index in [1.54, 1.807) is 0 Å². The molecule has 44 valence electrons. The summed E-state index contributed by atoms with van der Waals surface area (Å²) in [7, 11) is 0. The first-order valence-electron chi connectivity index (χ1n) is 0.200. The molecule has 4 heavy (non-hydrogen) atoms. The second-order valence-corrected chi connectivity index (χ2v) is 0. The first-order valence-corrected chi connectivity index (χ1v) is 0.200. The van der Waals surface area contributed by atoms with Crippen molar-refractivity contribution in [3.05, 3.63) is 0 Å². The normalized spacial score (nSPS) is 1.50. The Morgan fingerprint density at radius 1 is 0.750 bits per heavy atom. The van der Waals surface area contributed by atoms with Crippen molar-refractivity contribution in [1.29, 1.82) is 0 Å². The Labute approximate surface area is 82.5 Å². The molecular weight excluding hydrogens is 382 g/mol. The fourth-order valence-electron chi connectivity index (χ4n) is 0. The minimum Gasteiger partial charge on any atom is -0.255 e. The van der Waals surface area contributed by atoms with Gasteiger partial charge in [-0.1, -0.05) is 0 Å². The first kappa shape index (κ1) is 16.2. The smallest absolute Gasteiger partial charge is 0 e. The van der Waals surface area contributed by atoms with Crippen LogP contribution in [-0.4, -0.2) is 10.5 Å². The second-order valence-electron chi connectivity index (χ2n) is 0. The molecule has 4 heteroatoms. The van der Waals surface area contributed by atoms with Crippen LogP contribution in [0, 0.1) is 73.7 Å². The van der Waals surface area contributed by atoms with Crippen LogP contribution in [0.15, 0.2) is 0 Å². The molecule has 0 aromatic carbocycles. The second kappa shape index (κ2) is 18.2. The van der Waals surface area contributed by atoms with Gasteiger partial charge in [0.05, 0.1) is 0 Å². The van der Waals surface area contributed by atoms with Crippen molar-refractivity contribution >= 4 is 0 Å². The summed E-state index contributed by atoms with van der Waals surface area (Å²) in [6.07, 6.45) is 0. The van der Waals surface area contributed by atoms with E-state index in [1.807, 2.05) is 0 Å². The molecule has 0 atom stereocenters. The van der Waals surface area contributed by atoms with E-state index in [0.717, 1.165) is 0 Å². The molecule has 2 N–H and O–H groups in total. The third-order valence-corrected chi connectivity index (χ3v) is 0. The van der Waals surface area contributed by atoms with E-state index in [-0.39, 0.29) is 73.7 Å². The van der Waals surface area contributed by atoms with Crippen LogP contribution in [0.25, 0.3) is 0 Å². The zero-order valence-corrected chi connectivity index (χ0v) is 4.72. The first-order chi connectivity index (χ1) is 1.00. The number of hydrogen-bond acceptors (Lipinski definition) is 2. The summed E-state index contributed by atoms with van der Waals surface area (Å²) >= 11 is 0. The summed E-state index contributed by atoms with van der Waals surface area (Å²) < 4.78 is 0. The third kappa shape index (κ3) is 8.83. The summed E-state index contributed by atoms with van der Waals surface area (Å²) in [5.41, 5.74) is 0. The molecule has 0 rings (SSSR count). The molecule has 0 bridgehead atoms. The molecule has 0 heterocycles. The van der Waals surface area contributed by atoms with Crippen molar-refractivity contribution in [1.82, 2.24) is 0 Å². The Hall–Kier alpha value is 2.39. The molecule has 0 saturated heterocycles. The summed E-state index contributed by atoms with van der Waals surface area (Å²) in [5, 5.41) is 12.0. The van der Waals surface area contributed by atoms with Gasteiger partial charge in [-0.15, -0.1) is 0 Å². The van der Waals surface area contributed by atoms with Gasteiger partial charge in [-0.2, -0.15) is 0 Å². The molecule has 2 nitrogen and oxygen atoms in total. The van der Waals surface area contributed by atoms with E-state index in [0.29, 0.717) is 0 Å². The number of rotatable bonds is 0. The SMILES string of the molecule is OO.[Lu].[Lu]. The van der Waals surface area contributed by atoms with Crippen molar-refractivity contribution in [3.8, 4) is 0 Å². The van der Waals surface area contributed by atoms with Gasteiger partial charge in [0, 0.05) is 73.7 Å². The molecule has 0 aromatic rings. The molecular formula is H2Lu2O2. The standard InChI is InChI=1S/2Lu.H2O2/c;;1-2/h;;1-2H. The molecule has 2 radical (unpaired) electrons. The topological polar surface area (TPSA) is 40.5 Å². The van der Waals surface area contributed by atoms with E-state index >= 15 is 0 Å². The van der Waals surface area contributed by atoms with E-state index in [2.05, 4.69) is 0 Å². The van der Waals surface area contributed by atoms with Crippen LogP contribution in [0.1, 0.15) is 0 Å². The van der Waals surface area contributed by atoms with Crippen LogP contribution in [0.2, 0.25) is 0 Å². The zero-order chi connectivity index (χ0) is 2.00. The molecule has 0 aromatic heterocycles. The van der Waals surface area contributed by atoms with Gasteiger partial charge in [0.1, 0.15) is 0 Å². The van der Waals surface area contributed by atoms with Crippen molar-refractivity contribution < 1.29 is 84.3 Å². The molecule has 0 fully saturated rings. The van der Waals surface area contributed by atoms with Crippen LogP contribution in [-0.2, 0) is 0 Å². The Morgan fingerprint density at radius 2 is 0.750 bits per heavy atom. The summed E-state index contributed by atoms with van der Waals surface area (Å²) in [4.78, 5) is 0. The van der Waals surface area contributed by atoms with Gasteiger partial charge in [0.2, 0.25) is 0 Å².